The van der Waals surface area contributed by atoms with Crippen LogP contribution in [0.2, 0.25) is 0 Å². The van der Waals surface area contributed by atoms with Gasteiger partial charge in [-0.15, -0.1) is 0 Å². The highest BCUT2D eigenvalue weighted by Crippen LogP contribution is 2.69. The number of hydrogen-bond donors (Lipinski definition) is 2. The molecule has 4 saturated carbocycles. The Morgan fingerprint density at radius 1 is 0.964 bits per heavy atom. The van der Waals surface area contributed by atoms with E-state index in [4.69, 9.17) is 4.74 Å². The molecule has 0 radical (unpaired) electrons. The van der Waals surface area contributed by atoms with E-state index in [2.05, 4.69) is 20.8 Å². The molecule has 28 heavy (non-hydrogen) atoms. The van der Waals surface area contributed by atoms with Crippen LogP contribution in [0.3, 0.4) is 0 Å². The number of aliphatic hydroxyl groups is 2. The van der Waals surface area contributed by atoms with Crippen molar-refractivity contribution in [2.75, 3.05) is 0 Å². The van der Waals surface area contributed by atoms with Gasteiger partial charge >= 0.3 is 5.97 Å². The molecule has 2 unspecified atom stereocenters. The van der Waals surface area contributed by atoms with Crippen molar-refractivity contribution in [2.24, 2.45) is 46.3 Å². The lowest BCUT2D eigenvalue weighted by Crippen LogP contribution is -2.58. The molecule has 5 aliphatic rings. The Morgan fingerprint density at radius 2 is 1.71 bits per heavy atom. The van der Waals surface area contributed by atoms with Crippen molar-refractivity contribution in [1.29, 1.82) is 0 Å². The average Bonchev–Trinajstić information content (AvgIpc) is 2.84. The summed E-state index contributed by atoms with van der Waals surface area (Å²) >= 11 is 0. The highest BCUT2D eigenvalue weighted by atomic mass is 16.5. The van der Waals surface area contributed by atoms with Crippen LogP contribution in [0, 0.1) is 46.3 Å². The fourth-order valence-corrected chi connectivity index (χ4v) is 9.12. The summed E-state index contributed by atoms with van der Waals surface area (Å²) in [7, 11) is 0. The van der Waals surface area contributed by atoms with Crippen molar-refractivity contribution < 1.29 is 19.7 Å². The maximum absolute atomic E-state index is 12.2. The Bertz CT molecular complexity index is 649. The van der Waals surface area contributed by atoms with E-state index in [0.29, 0.717) is 41.9 Å². The summed E-state index contributed by atoms with van der Waals surface area (Å²) in [6.45, 7) is 7.21. The molecule has 11 atom stereocenters. The molecule has 1 aliphatic heterocycles. The lowest BCUT2D eigenvalue weighted by Gasteiger charge is -2.62. The first-order valence-corrected chi connectivity index (χ1v) is 11.8. The molecule has 5 rings (SSSR count). The Labute approximate surface area is 169 Å². The summed E-state index contributed by atoms with van der Waals surface area (Å²) in [5, 5.41) is 21.5. The van der Waals surface area contributed by atoms with E-state index < -0.39 is 0 Å². The maximum Gasteiger partial charge on any atom is 0.306 e. The van der Waals surface area contributed by atoms with Crippen LogP contribution in [-0.2, 0) is 9.53 Å². The Kier molecular flexibility index (Phi) is 4.45. The lowest BCUT2D eigenvalue weighted by atomic mass is 9.43. The summed E-state index contributed by atoms with van der Waals surface area (Å²) in [6.07, 6.45) is 8.11. The second kappa shape index (κ2) is 6.44. The minimum atomic E-state index is -0.272. The van der Waals surface area contributed by atoms with Gasteiger partial charge < -0.3 is 14.9 Å². The van der Waals surface area contributed by atoms with Crippen molar-refractivity contribution in [3.05, 3.63) is 0 Å². The van der Waals surface area contributed by atoms with Crippen LogP contribution in [0.25, 0.3) is 0 Å². The average molecular weight is 391 g/mol. The van der Waals surface area contributed by atoms with E-state index in [1.54, 1.807) is 0 Å². The highest BCUT2D eigenvalue weighted by Gasteiger charge is 2.65. The largest absolute Gasteiger partial charge is 0.462 e. The number of fused-ring (bicyclic) bond motifs is 7. The minimum absolute atomic E-state index is 0.0179. The fourth-order valence-electron chi connectivity index (χ4n) is 9.12. The zero-order valence-electron chi connectivity index (χ0n) is 17.8. The molecule has 4 heteroatoms. The van der Waals surface area contributed by atoms with Crippen LogP contribution in [0.1, 0.15) is 78.6 Å². The van der Waals surface area contributed by atoms with Crippen molar-refractivity contribution in [3.8, 4) is 0 Å². The molecular formula is C24H38O4. The predicted molar refractivity (Wildman–Crippen MR) is 106 cm³/mol. The van der Waals surface area contributed by atoms with Gasteiger partial charge in [0.25, 0.3) is 0 Å². The van der Waals surface area contributed by atoms with Crippen molar-refractivity contribution >= 4 is 5.97 Å². The Balaban J connectivity index is 1.49. The van der Waals surface area contributed by atoms with Crippen molar-refractivity contribution in [3.63, 3.8) is 0 Å². The summed E-state index contributed by atoms with van der Waals surface area (Å²) in [4.78, 5) is 12.2. The molecule has 0 bridgehead atoms. The third-order valence-electron chi connectivity index (χ3n) is 10.4. The number of carbonyl (C=O) groups excluding carboxylic acids is 1. The quantitative estimate of drug-likeness (QED) is 0.615. The van der Waals surface area contributed by atoms with Crippen molar-refractivity contribution in [1.82, 2.24) is 0 Å². The molecule has 158 valence electrons. The van der Waals surface area contributed by atoms with Crippen LogP contribution in [0.15, 0.2) is 0 Å². The first-order valence-electron chi connectivity index (χ1n) is 11.8. The van der Waals surface area contributed by atoms with Crippen LogP contribution < -0.4 is 0 Å². The van der Waals surface area contributed by atoms with E-state index in [1.807, 2.05) is 0 Å². The molecular weight excluding hydrogens is 352 g/mol. The molecule has 5 fully saturated rings. The van der Waals surface area contributed by atoms with Crippen LogP contribution in [-0.4, -0.2) is 34.5 Å². The van der Waals surface area contributed by atoms with Gasteiger partial charge in [-0.3, -0.25) is 4.79 Å². The van der Waals surface area contributed by atoms with Gasteiger partial charge in [-0.25, -0.2) is 0 Å². The number of ether oxygens (including phenoxy) is 1. The second-order valence-corrected chi connectivity index (χ2v) is 11.6. The molecule has 0 amide bonds. The summed E-state index contributed by atoms with van der Waals surface area (Å²) < 4.78 is 5.97. The van der Waals surface area contributed by atoms with E-state index in [-0.39, 0.29) is 35.1 Å². The van der Waals surface area contributed by atoms with Gasteiger partial charge in [0.2, 0.25) is 0 Å². The number of aliphatic hydroxyl groups excluding tert-OH is 2. The minimum Gasteiger partial charge on any atom is -0.462 e. The molecule has 4 aliphatic carbocycles. The molecule has 1 heterocycles. The first-order chi connectivity index (χ1) is 13.2. The van der Waals surface area contributed by atoms with Gasteiger partial charge in [-0.2, -0.15) is 0 Å². The molecule has 2 N–H and O–H groups in total. The number of carbonyl (C=O) groups is 1. The highest BCUT2D eigenvalue weighted by molar-refractivity contribution is 5.70. The normalized spacial score (nSPS) is 58.6. The van der Waals surface area contributed by atoms with Gasteiger partial charge in [-0.1, -0.05) is 20.8 Å². The SMILES string of the molecule is CC1CCC(=O)O[C@H]2C[C@H]3[C@@H]4[C@H](O)C[C@@H]5C[C@H](O)CC[C@]5(C)[C@H]4CC[C@]3(C)C12. The number of hydrogen-bond acceptors (Lipinski definition) is 4. The van der Waals surface area contributed by atoms with E-state index >= 15 is 0 Å². The monoisotopic (exact) mass is 390 g/mol. The van der Waals surface area contributed by atoms with E-state index in [0.717, 1.165) is 38.5 Å². The standard InChI is InChI=1S/C24H38O4/c1-13-4-5-20(27)28-19-12-17-21-16(7-9-24(17,3)22(13)19)23(2)8-6-15(25)10-14(23)11-18(21)26/h13-19,21-22,25-26H,4-12H2,1-3H3/t13?,14-,15+,16-,17-,18+,19-,21+,22?,23-,24-/m0/s1. The topological polar surface area (TPSA) is 66.8 Å². The smallest absolute Gasteiger partial charge is 0.306 e. The number of rotatable bonds is 0. The molecule has 1 saturated heterocycles. The Hall–Kier alpha value is -0.610. The number of esters is 1. The second-order valence-electron chi connectivity index (χ2n) is 11.6. The lowest BCUT2D eigenvalue weighted by molar-refractivity contribution is -0.174. The molecule has 0 aromatic heterocycles. The Morgan fingerprint density at radius 3 is 2.50 bits per heavy atom. The summed E-state index contributed by atoms with van der Waals surface area (Å²) in [5.41, 5.74) is 0.422. The maximum atomic E-state index is 12.2. The van der Waals surface area contributed by atoms with Crippen LogP contribution in [0.5, 0.6) is 0 Å². The molecule has 0 aromatic rings. The first kappa shape index (κ1) is 19.4. The third kappa shape index (κ3) is 2.59. The molecule has 4 nitrogen and oxygen atoms in total. The molecule has 0 spiro atoms. The van der Waals surface area contributed by atoms with E-state index in [9.17, 15) is 15.0 Å². The van der Waals surface area contributed by atoms with Crippen LogP contribution in [0.4, 0.5) is 0 Å². The third-order valence-corrected chi connectivity index (χ3v) is 10.4. The zero-order chi connectivity index (χ0) is 19.8. The van der Waals surface area contributed by atoms with Gasteiger partial charge in [0, 0.05) is 12.3 Å². The van der Waals surface area contributed by atoms with Gasteiger partial charge in [0.1, 0.15) is 6.10 Å². The zero-order valence-corrected chi connectivity index (χ0v) is 17.8. The fraction of sp³-hybridized carbons (Fsp3) is 0.958. The van der Waals surface area contributed by atoms with E-state index in [1.165, 1.54) is 12.8 Å². The van der Waals surface area contributed by atoms with Crippen molar-refractivity contribution in [2.45, 2.75) is 96.9 Å². The van der Waals surface area contributed by atoms with Gasteiger partial charge in [0.15, 0.2) is 0 Å². The molecule has 0 aromatic carbocycles. The van der Waals surface area contributed by atoms with Gasteiger partial charge in [-0.05, 0) is 91.8 Å². The summed E-state index contributed by atoms with van der Waals surface area (Å²) in [6, 6.07) is 0. The van der Waals surface area contributed by atoms with Gasteiger partial charge in [0.05, 0.1) is 12.2 Å². The summed E-state index contributed by atoms with van der Waals surface area (Å²) in [5.74, 6) is 2.70. The van der Waals surface area contributed by atoms with Crippen LogP contribution >= 0.6 is 0 Å². The predicted octanol–water partition coefficient (Wildman–Crippen LogP) is 3.93.